The lowest BCUT2D eigenvalue weighted by Crippen LogP contribution is -2.35. The number of hydrogen-bond donors (Lipinski definition) is 0. The van der Waals surface area contributed by atoms with Crippen LogP contribution in [0.3, 0.4) is 0 Å². The molecule has 1 aromatic carbocycles. The van der Waals surface area contributed by atoms with Crippen LogP contribution in [0.4, 0.5) is 0 Å². The number of halogens is 1. The summed E-state index contributed by atoms with van der Waals surface area (Å²) in [6.45, 7) is 4.34. The van der Waals surface area contributed by atoms with E-state index in [9.17, 15) is 0 Å². The molecule has 0 saturated carbocycles. The minimum absolute atomic E-state index is 0.0397. The Balaban J connectivity index is 1.56. The van der Waals surface area contributed by atoms with E-state index in [0.717, 1.165) is 44.6 Å². The molecular formula is C23H22BrN3OS. The summed E-state index contributed by atoms with van der Waals surface area (Å²) in [4.78, 5) is 12.1. The summed E-state index contributed by atoms with van der Waals surface area (Å²) in [5.74, 6) is 2.90. The van der Waals surface area contributed by atoms with Gasteiger partial charge in [-0.2, -0.15) is 0 Å². The van der Waals surface area contributed by atoms with Crippen molar-refractivity contribution in [3.63, 3.8) is 0 Å². The second kappa shape index (κ2) is 7.65. The van der Waals surface area contributed by atoms with Gasteiger partial charge >= 0.3 is 0 Å². The fourth-order valence-corrected chi connectivity index (χ4v) is 6.16. The number of furan rings is 1. The van der Waals surface area contributed by atoms with Gasteiger partial charge in [0.1, 0.15) is 23.6 Å². The summed E-state index contributed by atoms with van der Waals surface area (Å²) in [5, 5.41) is 1.12. The summed E-state index contributed by atoms with van der Waals surface area (Å²) in [6.07, 6.45) is 2.94. The first-order chi connectivity index (χ1) is 14.2. The fourth-order valence-electron chi connectivity index (χ4n) is 4.14. The first-order valence-electron chi connectivity index (χ1n) is 9.92. The number of benzene rings is 1. The van der Waals surface area contributed by atoms with E-state index in [1.165, 1.54) is 5.56 Å². The molecule has 1 saturated heterocycles. The zero-order valence-electron chi connectivity index (χ0n) is 16.4. The van der Waals surface area contributed by atoms with Gasteiger partial charge in [-0.15, -0.1) is 0 Å². The average Bonchev–Trinajstić information content (AvgIpc) is 3.43. The summed E-state index contributed by atoms with van der Waals surface area (Å²) < 4.78 is 7.49. The third-order valence-corrected chi connectivity index (χ3v) is 7.42. The molecule has 0 radical (unpaired) electrons. The molecule has 4 nitrogen and oxygen atoms in total. The smallest absolute Gasteiger partial charge is 0.161 e. The Morgan fingerprint density at radius 1 is 1.21 bits per heavy atom. The molecule has 0 bridgehead atoms. The van der Waals surface area contributed by atoms with Gasteiger partial charge in [-0.1, -0.05) is 46.7 Å². The largest absolute Gasteiger partial charge is 0.459 e. The molecule has 5 rings (SSSR count). The molecule has 1 fully saturated rings. The molecule has 3 atom stereocenters. The Bertz CT molecular complexity index is 1060. The third-order valence-electron chi connectivity index (χ3n) is 5.64. The van der Waals surface area contributed by atoms with E-state index in [0.29, 0.717) is 6.04 Å². The molecule has 4 heterocycles. The van der Waals surface area contributed by atoms with Crippen LogP contribution in [-0.2, 0) is 0 Å². The standard InChI is InChI=1S/C23H22BrN3OS/c1-3-15-13-29-23-26-21(18-6-4-5-11-25-18)22(27(15)23)20-10-9-19(28-20)16-8-7-14(2)12-17(16)24/h4-12,15,21-22H,3,13H2,1-2H3/t15-,21-,22+/m0/s1. The van der Waals surface area contributed by atoms with Crippen molar-refractivity contribution < 1.29 is 4.42 Å². The summed E-state index contributed by atoms with van der Waals surface area (Å²) in [5.41, 5.74) is 3.28. The van der Waals surface area contributed by atoms with Crippen LogP contribution in [0.25, 0.3) is 11.3 Å². The normalized spacial score (nSPS) is 23.3. The summed E-state index contributed by atoms with van der Waals surface area (Å²) >= 11 is 5.53. The second-order valence-corrected chi connectivity index (χ2v) is 9.36. The minimum atomic E-state index is -0.0477. The number of pyridine rings is 1. The van der Waals surface area contributed by atoms with E-state index >= 15 is 0 Å². The molecule has 148 valence electrons. The Morgan fingerprint density at radius 2 is 2.10 bits per heavy atom. The van der Waals surface area contributed by atoms with Gasteiger partial charge in [-0.3, -0.25) is 4.98 Å². The van der Waals surface area contributed by atoms with Crippen molar-refractivity contribution in [2.24, 2.45) is 4.99 Å². The lowest BCUT2D eigenvalue weighted by molar-refractivity contribution is 0.226. The van der Waals surface area contributed by atoms with Gasteiger partial charge in [0.25, 0.3) is 0 Å². The number of hydrogen-bond acceptors (Lipinski definition) is 5. The van der Waals surface area contributed by atoms with Crippen LogP contribution in [0.1, 0.15) is 42.4 Å². The molecule has 2 aliphatic rings. The van der Waals surface area contributed by atoms with E-state index in [1.54, 1.807) is 0 Å². The van der Waals surface area contributed by atoms with Crippen molar-refractivity contribution in [1.29, 1.82) is 0 Å². The van der Waals surface area contributed by atoms with Crippen molar-refractivity contribution in [1.82, 2.24) is 9.88 Å². The Morgan fingerprint density at radius 3 is 2.86 bits per heavy atom. The summed E-state index contributed by atoms with van der Waals surface area (Å²) in [7, 11) is 0. The van der Waals surface area contributed by atoms with Gasteiger partial charge < -0.3 is 9.32 Å². The second-order valence-electron chi connectivity index (χ2n) is 7.52. The SMILES string of the molecule is CC[C@H]1CSC2=N[C@@H](c3ccccn3)[C@@H](c3ccc(-c4ccc(C)cc4Br)o3)N21. The highest BCUT2D eigenvalue weighted by atomic mass is 79.9. The van der Waals surface area contributed by atoms with E-state index in [4.69, 9.17) is 9.41 Å². The first-order valence-corrected chi connectivity index (χ1v) is 11.7. The van der Waals surface area contributed by atoms with Gasteiger partial charge in [0.15, 0.2) is 5.17 Å². The van der Waals surface area contributed by atoms with Crippen molar-refractivity contribution in [2.45, 2.75) is 38.4 Å². The molecular weight excluding hydrogens is 446 g/mol. The predicted octanol–water partition coefficient (Wildman–Crippen LogP) is 6.39. The van der Waals surface area contributed by atoms with Crippen molar-refractivity contribution in [3.05, 3.63) is 76.2 Å². The van der Waals surface area contributed by atoms with Gasteiger partial charge in [-0.05, 0) is 55.3 Å². The van der Waals surface area contributed by atoms with Crippen LogP contribution in [-0.4, -0.2) is 26.8 Å². The number of nitrogens with zero attached hydrogens (tertiary/aromatic N) is 3. The van der Waals surface area contributed by atoms with E-state index < -0.39 is 0 Å². The molecule has 0 N–H and O–H groups in total. The molecule has 29 heavy (non-hydrogen) atoms. The fraction of sp³-hybridized carbons (Fsp3) is 0.304. The highest BCUT2D eigenvalue weighted by molar-refractivity contribution is 9.10. The number of aryl methyl sites for hydroxylation is 1. The average molecular weight is 468 g/mol. The van der Waals surface area contributed by atoms with Crippen LogP contribution >= 0.6 is 27.7 Å². The maximum atomic E-state index is 6.45. The number of thioether (sulfide) groups is 1. The number of aromatic nitrogens is 1. The van der Waals surface area contributed by atoms with Crippen LogP contribution in [0, 0.1) is 6.92 Å². The van der Waals surface area contributed by atoms with Crippen LogP contribution in [0.2, 0.25) is 0 Å². The third kappa shape index (κ3) is 3.32. The predicted molar refractivity (Wildman–Crippen MR) is 122 cm³/mol. The quantitative estimate of drug-likeness (QED) is 0.445. The molecule has 6 heteroatoms. The highest BCUT2D eigenvalue weighted by Gasteiger charge is 2.46. The van der Waals surface area contributed by atoms with Gasteiger partial charge in [-0.25, -0.2) is 4.99 Å². The molecule has 0 unspecified atom stereocenters. The van der Waals surface area contributed by atoms with Crippen LogP contribution in [0.15, 0.2) is 68.6 Å². The zero-order valence-corrected chi connectivity index (χ0v) is 18.8. The molecule has 2 aromatic heterocycles. The van der Waals surface area contributed by atoms with Gasteiger partial charge in [0.2, 0.25) is 0 Å². The number of rotatable bonds is 4. The van der Waals surface area contributed by atoms with Gasteiger partial charge in [0.05, 0.1) is 5.69 Å². The lowest BCUT2D eigenvalue weighted by Gasteiger charge is -2.30. The molecule has 0 amide bonds. The van der Waals surface area contributed by atoms with Crippen LogP contribution < -0.4 is 0 Å². The first kappa shape index (κ1) is 18.9. The zero-order chi connectivity index (χ0) is 20.0. The molecule has 0 spiro atoms. The van der Waals surface area contributed by atoms with E-state index in [-0.39, 0.29) is 12.1 Å². The minimum Gasteiger partial charge on any atom is -0.459 e. The lowest BCUT2D eigenvalue weighted by atomic mass is 10.0. The Kier molecular flexibility index (Phi) is 5.00. The van der Waals surface area contributed by atoms with Crippen molar-refractivity contribution in [3.8, 4) is 11.3 Å². The van der Waals surface area contributed by atoms with Crippen molar-refractivity contribution >= 4 is 32.9 Å². The Hall–Kier alpha value is -2.05. The molecule has 2 aliphatic heterocycles. The number of fused-ring (bicyclic) bond motifs is 1. The topological polar surface area (TPSA) is 41.6 Å². The number of aliphatic imine (C=N–C) groups is 1. The van der Waals surface area contributed by atoms with Crippen LogP contribution in [0.5, 0.6) is 0 Å². The maximum Gasteiger partial charge on any atom is 0.161 e. The maximum absolute atomic E-state index is 6.45. The summed E-state index contributed by atoms with van der Waals surface area (Å²) in [6, 6.07) is 17.0. The highest BCUT2D eigenvalue weighted by Crippen LogP contribution is 2.49. The Labute approximate surface area is 183 Å². The van der Waals surface area contributed by atoms with E-state index in [2.05, 4.69) is 76.1 Å². The van der Waals surface area contributed by atoms with E-state index in [1.807, 2.05) is 30.1 Å². The molecule has 3 aromatic rings. The molecule has 0 aliphatic carbocycles. The monoisotopic (exact) mass is 467 g/mol. The van der Waals surface area contributed by atoms with Crippen molar-refractivity contribution in [2.75, 3.05) is 5.75 Å². The number of amidine groups is 1. The van der Waals surface area contributed by atoms with Gasteiger partial charge in [0, 0.05) is 28.0 Å².